The summed E-state index contributed by atoms with van der Waals surface area (Å²) in [5.74, 6) is 3.15. The third-order valence-electron chi connectivity index (χ3n) is 10.4. The largest absolute Gasteiger partial charge is 0.389 e. The number of nitrogens with zero attached hydrogens (tertiary/aromatic N) is 2. The highest BCUT2D eigenvalue weighted by molar-refractivity contribution is 7.80. The van der Waals surface area contributed by atoms with E-state index in [0.717, 1.165) is 26.9 Å². The minimum atomic E-state index is -0.933. The molecule has 1 fully saturated rings. The van der Waals surface area contributed by atoms with Gasteiger partial charge in [-0.15, -0.1) is 0 Å². The number of imide groups is 1. The number of nitrogens with two attached hydrogens (primary N) is 1. The van der Waals surface area contributed by atoms with Crippen molar-refractivity contribution in [3.8, 4) is 23.0 Å². The number of ether oxygens (including phenoxy) is 4. The molecular weight excluding hydrogens is 823 g/mol. The standard InChI is InChI=1S/C46H48F2N4O9S/c47-26-30(27-48)28-51-29-38(32-7-3-8-33(23-32)44(49)62)36-12-10-34(24-40(36)51)50-42(55)14-16-59-18-20-61-22-21-60-19-17-58-15-2-1-5-31-6-4-9-37-43(31)46(57)52(45(37)56)39-13-11-35(53)25-41(39)54/h3-4,6-10,12,23-24,29-30,39H,2,11,13-22,25-28H2,(H2,49,62)(H,50,55). The molecule has 326 valence electrons. The van der Waals surface area contributed by atoms with Crippen LogP contribution in [-0.2, 0) is 39.9 Å². The number of ketones is 2. The maximum absolute atomic E-state index is 13.5. The summed E-state index contributed by atoms with van der Waals surface area (Å²) in [6.07, 6.45) is 2.36. The average molecular weight is 871 g/mol. The van der Waals surface area contributed by atoms with Gasteiger partial charge in [0.05, 0.1) is 102 Å². The fourth-order valence-electron chi connectivity index (χ4n) is 7.26. The Bertz CT molecular complexity index is 2370. The summed E-state index contributed by atoms with van der Waals surface area (Å²) in [6.45, 7) is 1.02. The lowest BCUT2D eigenvalue weighted by atomic mass is 9.92. The Kier molecular flexibility index (Phi) is 16.6. The molecule has 1 atom stereocenters. The molecule has 1 saturated carbocycles. The number of amides is 3. The number of nitrogens with one attached hydrogen (secondary N) is 1. The molecule has 0 saturated heterocycles. The molecule has 3 N–H and O–H groups in total. The Hall–Kier alpha value is -5.70. The highest BCUT2D eigenvalue weighted by Gasteiger charge is 2.45. The predicted octanol–water partition coefficient (Wildman–Crippen LogP) is 5.62. The van der Waals surface area contributed by atoms with E-state index in [4.69, 9.17) is 36.9 Å². The van der Waals surface area contributed by atoms with Gasteiger partial charge in [0, 0.05) is 59.3 Å². The van der Waals surface area contributed by atoms with Crippen molar-refractivity contribution < 1.29 is 51.7 Å². The van der Waals surface area contributed by atoms with Crippen LogP contribution in [0.3, 0.4) is 0 Å². The van der Waals surface area contributed by atoms with Gasteiger partial charge in [0.25, 0.3) is 11.8 Å². The van der Waals surface area contributed by atoms with Crippen LogP contribution in [0.25, 0.3) is 22.0 Å². The first-order valence-electron chi connectivity index (χ1n) is 20.4. The van der Waals surface area contributed by atoms with Gasteiger partial charge < -0.3 is 34.6 Å². The third kappa shape index (κ3) is 11.6. The molecule has 1 aliphatic heterocycles. The lowest BCUT2D eigenvalue weighted by Crippen LogP contribution is -2.47. The SMILES string of the molecule is NC(=S)c1cccc(-c2cn(CC(CF)CF)c3cc(NC(=O)CCOCCOCCOCCOCCC#Cc4cccc5c4C(=O)N(C4CCC(=O)CC4=O)C5=O)ccc23)c1. The fourth-order valence-corrected chi connectivity index (χ4v) is 7.39. The smallest absolute Gasteiger partial charge is 0.263 e. The van der Waals surface area contributed by atoms with Crippen molar-refractivity contribution in [2.45, 2.75) is 44.7 Å². The van der Waals surface area contributed by atoms with Crippen LogP contribution < -0.4 is 11.1 Å². The summed E-state index contributed by atoms with van der Waals surface area (Å²) < 4.78 is 51.1. The number of aromatic nitrogens is 1. The van der Waals surface area contributed by atoms with Crippen LogP contribution in [0, 0.1) is 17.8 Å². The molecule has 62 heavy (non-hydrogen) atoms. The van der Waals surface area contributed by atoms with Crippen LogP contribution >= 0.6 is 12.2 Å². The maximum atomic E-state index is 13.5. The van der Waals surface area contributed by atoms with Crippen molar-refractivity contribution in [3.05, 3.63) is 89.1 Å². The highest BCUT2D eigenvalue weighted by atomic mass is 32.1. The first-order chi connectivity index (χ1) is 30.1. The molecule has 1 unspecified atom stereocenters. The summed E-state index contributed by atoms with van der Waals surface area (Å²) in [4.78, 5) is 64.3. The highest BCUT2D eigenvalue weighted by Crippen LogP contribution is 2.34. The van der Waals surface area contributed by atoms with Gasteiger partial charge in [0.2, 0.25) is 5.91 Å². The van der Waals surface area contributed by atoms with Gasteiger partial charge in [-0.25, -0.2) is 0 Å². The van der Waals surface area contributed by atoms with E-state index in [2.05, 4.69) is 17.2 Å². The van der Waals surface area contributed by atoms with E-state index in [1.165, 1.54) is 0 Å². The van der Waals surface area contributed by atoms with E-state index in [1.807, 2.05) is 36.5 Å². The minimum absolute atomic E-state index is 0.110. The first kappa shape index (κ1) is 45.8. The molecule has 0 radical (unpaired) electrons. The quantitative estimate of drug-likeness (QED) is 0.0331. The van der Waals surface area contributed by atoms with E-state index in [1.54, 1.807) is 34.9 Å². The van der Waals surface area contributed by atoms with Crippen LogP contribution in [0.15, 0.2) is 66.9 Å². The number of halogens is 2. The lowest BCUT2D eigenvalue weighted by Gasteiger charge is -2.27. The van der Waals surface area contributed by atoms with E-state index in [-0.39, 0.29) is 73.2 Å². The monoisotopic (exact) mass is 870 g/mol. The minimum Gasteiger partial charge on any atom is -0.389 e. The van der Waals surface area contributed by atoms with E-state index in [9.17, 15) is 32.8 Å². The summed E-state index contributed by atoms with van der Waals surface area (Å²) in [5, 5.41) is 3.73. The number of anilines is 1. The second kappa shape index (κ2) is 22.4. The second-order valence-electron chi connectivity index (χ2n) is 14.8. The zero-order valence-electron chi connectivity index (χ0n) is 34.1. The maximum Gasteiger partial charge on any atom is 0.263 e. The van der Waals surface area contributed by atoms with E-state index >= 15 is 0 Å². The van der Waals surface area contributed by atoms with Gasteiger partial charge in [-0.3, -0.25) is 37.7 Å². The van der Waals surface area contributed by atoms with Gasteiger partial charge in [-0.2, -0.15) is 0 Å². The van der Waals surface area contributed by atoms with Gasteiger partial charge in [-0.05, 0) is 42.3 Å². The number of alkyl halides is 2. The molecular formula is C46H48F2N4O9S. The molecule has 0 spiro atoms. The molecule has 1 aliphatic carbocycles. The Morgan fingerprint density at radius 2 is 1.55 bits per heavy atom. The number of thiocarbonyl (C=S) groups is 1. The van der Waals surface area contributed by atoms with E-state index < -0.39 is 42.9 Å². The van der Waals surface area contributed by atoms with E-state index in [0.29, 0.717) is 62.9 Å². The molecule has 0 bridgehead atoms. The van der Waals surface area contributed by atoms with Gasteiger partial charge in [0.1, 0.15) is 10.8 Å². The predicted molar refractivity (Wildman–Crippen MR) is 231 cm³/mol. The summed E-state index contributed by atoms with van der Waals surface area (Å²) in [5.41, 5.74) is 10.3. The number of Topliss-reactive ketones (excluding diaryl/α,β-unsaturated/α-hetero) is 2. The summed E-state index contributed by atoms with van der Waals surface area (Å²) in [7, 11) is 0. The van der Waals surface area contributed by atoms with Crippen molar-refractivity contribution >= 4 is 63.1 Å². The molecule has 13 nitrogen and oxygen atoms in total. The van der Waals surface area contributed by atoms with Crippen molar-refractivity contribution in [1.82, 2.24) is 9.47 Å². The number of carbonyl (C=O) groups excluding carboxylic acids is 5. The zero-order chi connectivity index (χ0) is 44.0. The van der Waals surface area contributed by atoms with Crippen LogP contribution in [0.4, 0.5) is 14.5 Å². The Labute approximate surface area is 363 Å². The number of carbonyl (C=O) groups is 5. The summed E-state index contributed by atoms with van der Waals surface area (Å²) >= 11 is 5.15. The molecule has 1 aromatic heterocycles. The normalized spacial score (nSPS) is 15.0. The molecule has 6 rings (SSSR count). The van der Waals surface area contributed by atoms with Gasteiger partial charge in [-0.1, -0.05) is 54.4 Å². The second-order valence-corrected chi connectivity index (χ2v) is 15.2. The fraction of sp³-hybridized carbons (Fsp3) is 0.391. The Balaban J connectivity index is 0.831. The molecule has 16 heteroatoms. The third-order valence-corrected chi connectivity index (χ3v) is 10.6. The molecule has 3 amide bonds. The van der Waals surface area contributed by atoms with Crippen LogP contribution in [0.5, 0.6) is 0 Å². The number of hydrogen-bond donors (Lipinski definition) is 2. The van der Waals surface area contributed by atoms with Crippen LogP contribution in [0.1, 0.15) is 63.9 Å². The number of benzene rings is 3. The van der Waals surface area contributed by atoms with Crippen molar-refractivity contribution in [2.75, 3.05) is 71.5 Å². The summed E-state index contributed by atoms with van der Waals surface area (Å²) in [6, 6.07) is 16.8. The molecule has 2 aliphatic rings. The average Bonchev–Trinajstić information content (AvgIpc) is 3.75. The van der Waals surface area contributed by atoms with Crippen molar-refractivity contribution in [1.29, 1.82) is 0 Å². The van der Waals surface area contributed by atoms with Crippen molar-refractivity contribution in [3.63, 3.8) is 0 Å². The lowest BCUT2D eigenvalue weighted by molar-refractivity contribution is -0.132. The van der Waals surface area contributed by atoms with Crippen LogP contribution in [0.2, 0.25) is 0 Å². The Morgan fingerprint density at radius 1 is 0.855 bits per heavy atom. The Morgan fingerprint density at radius 3 is 2.24 bits per heavy atom. The molecule has 2 heterocycles. The van der Waals surface area contributed by atoms with Gasteiger partial charge in [0.15, 0.2) is 5.78 Å². The zero-order valence-corrected chi connectivity index (χ0v) is 34.9. The topological polar surface area (TPSA) is 168 Å². The van der Waals surface area contributed by atoms with Crippen LogP contribution in [-0.4, -0.2) is 116 Å². The van der Waals surface area contributed by atoms with Gasteiger partial charge >= 0.3 is 0 Å². The first-order valence-corrected chi connectivity index (χ1v) is 20.8. The van der Waals surface area contributed by atoms with Crippen molar-refractivity contribution in [2.24, 2.45) is 11.7 Å². The number of hydrogen-bond acceptors (Lipinski definition) is 10. The molecule has 3 aromatic carbocycles. The molecule has 4 aromatic rings. The number of fused-ring (bicyclic) bond motifs is 2. The number of rotatable bonds is 22.